The zero-order valence-electron chi connectivity index (χ0n) is 17.6. The minimum Gasteiger partial charge on any atom is -0.497 e. The molecule has 29 heavy (non-hydrogen) atoms. The fraction of sp³-hybridized carbons (Fsp3) is 0.364. The van der Waals surface area contributed by atoms with Crippen LogP contribution in [0.3, 0.4) is 0 Å². The predicted molar refractivity (Wildman–Crippen MR) is 110 cm³/mol. The van der Waals surface area contributed by atoms with Crippen LogP contribution in [0.15, 0.2) is 42.5 Å². The molecule has 0 atom stereocenters. The van der Waals surface area contributed by atoms with Gasteiger partial charge in [0.2, 0.25) is 0 Å². The summed E-state index contributed by atoms with van der Waals surface area (Å²) in [6, 6.07) is 13.0. The molecule has 0 N–H and O–H groups in total. The van der Waals surface area contributed by atoms with Crippen LogP contribution >= 0.6 is 0 Å². The summed E-state index contributed by atoms with van der Waals surface area (Å²) in [5.41, 5.74) is 2.47. The lowest BCUT2D eigenvalue weighted by molar-refractivity contribution is -0.142. The van der Waals surface area contributed by atoms with Gasteiger partial charge in [-0.15, -0.1) is 0 Å². The van der Waals surface area contributed by atoms with E-state index >= 15 is 0 Å². The molecule has 0 aromatic heterocycles. The molecule has 0 aliphatic heterocycles. The molecule has 2 aromatic carbocycles. The van der Waals surface area contributed by atoms with Gasteiger partial charge < -0.3 is 19.1 Å². The molecule has 0 unspecified atom stereocenters. The Hall–Kier alpha value is -3.06. The van der Waals surface area contributed by atoms with Crippen molar-refractivity contribution in [2.45, 2.75) is 13.1 Å². The average Bonchev–Trinajstić information content (AvgIpc) is 2.72. The summed E-state index contributed by atoms with van der Waals surface area (Å²) in [4.78, 5) is 27.7. The molecule has 7 nitrogen and oxygen atoms in total. The normalized spacial score (nSPS) is 10.6. The van der Waals surface area contributed by atoms with Gasteiger partial charge in [0.1, 0.15) is 11.5 Å². The Morgan fingerprint density at radius 1 is 0.862 bits per heavy atom. The second kappa shape index (κ2) is 10.5. The first-order valence-electron chi connectivity index (χ1n) is 9.18. The number of ether oxygens (including phenoxy) is 3. The van der Waals surface area contributed by atoms with Crippen LogP contribution in [0.5, 0.6) is 11.5 Å². The Morgan fingerprint density at radius 2 is 1.48 bits per heavy atom. The lowest BCUT2D eigenvalue weighted by Gasteiger charge is -2.22. The molecule has 1 amide bonds. The van der Waals surface area contributed by atoms with Crippen LogP contribution in [0.1, 0.15) is 21.5 Å². The number of hydrogen-bond acceptors (Lipinski definition) is 6. The minimum absolute atomic E-state index is 0.0658. The third-order valence-corrected chi connectivity index (χ3v) is 4.38. The molecule has 2 aromatic rings. The standard InChI is InChI=1S/C22H28N2O5/c1-23(2)22(26)18-8-6-7-16(9-18)13-24(15-21(25)29-5)14-17-10-19(27-3)12-20(11-17)28-4/h6-12H,13-15H2,1-5H3. The van der Waals surface area contributed by atoms with Crippen molar-refractivity contribution >= 4 is 11.9 Å². The van der Waals surface area contributed by atoms with Gasteiger partial charge in [0.15, 0.2) is 0 Å². The van der Waals surface area contributed by atoms with Crippen LogP contribution in [0.2, 0.25) is 0 Å². The molecule has 0 bridgehead atoms. The van der Waals surface area contributed by atoms with E-state index in [1.807, 2.05) is 35.2 Å². The highest BCUT2D eigenvalue weighted by Crippen LogP contribution is 2.24. The smallest absolute Gasteiger partial charge is 0.319 e. The highest BCUT2D eigenvalue weighted by atomic mass is 16.5. The van der Waals surface area contributed by atoms with Gasteiger partial charge in [-0.3, -0.25) is 14.5 Å². The van der Waals surface area contributed by atoms with Crippen LogP contribution in [-0.4, -0.2) is 63.6 Å². The van der Waals surface area contributed by atoms with E-state index in [1.54, 1.807) is 40.4 Å². The summed E-state index contributed by atoms with van der Waals surface area (Å²) >= 11 is 0. The Balaban J connectivity index is 2.26. The van der Waals surface area contributed by atoms with Gasteiger partial charge in [-0.2, -0.15) is 0 Å². The molecule has 0 fully saturated rings. The van der Waals surface area contributed by atoms with Crippen molar-refractivity contribution in [3.63, 3.8) is 0 Å². The highest BCUT2D eigenvalue weighted by Gasteiger charge is 2.15. The van der Waals surface area contributed by atoms with Gasteiger partial charge in [0, 0.05) is 38.8 Å². The van der Waals surface area contributed by atoms with Crippen molar-refractivity contribution in [2.75, 3.05) is 42.0 Å². The maximum absolute atomic E-state index is 12.2. The van der Waals surface area contributed by atoms with Gasteiger partial charge in [0.05, 0.1) is 27.9 Å². The first-order valence-corrected chi connectivity index (χ1v) is 9.18. The minimum atomic E-state index is -0.333. The van der Waals surface area contributed by atoms with Crippen molar-refractivity contribution in [1.29, 1.82) is 0 Å². The van der Waals surface area contributed by atoms with Crippen LogP contribution in [0, 0.1) is 0 Å². The second-order valence-corrected chi connectivity index (χ2v) is 6.84. The number of esters is 1. The van der Waals surface area contributed by atoms with Crippen LogP contribution < -0.4 is 9.47 Å². The molecule has 7 heteroatoms. The fourth-order valence-corrected chi connectivity index (χ4v) is 2.95. The summed E-state index contributed by atoms with van der Waals surface area (Å²) in [6.07, 6.45) is 0. The van der Waals surface area contributed by atoms with E-state index in [2.05, 4.69) is 0 Å². The number of hydrogen-bond donors (Lipinski definition) is 0. The van der Waals surface area contributed by atoms with Crippen molar-refractivity contribution in [2.24, 2.45) is 0 Å². The van der Waals surface area contributed by atoms with E-state index in [9.17, 15) is 9.59 Å². The van der Waals surface area contributed by atoms with Crippen LogP contribution in [-0.2, 0) is 22.6 Å². The van der Waals surface area contributed by atoms with Crippen molar-refractivity contribution in [1.82, 2.24) is 9.80 Å². The zero-order valence-corrected chi connectivity index (χ0v) is 17.6. The van der Waals surface area contributed by atoms with Gasteiger partial charge in [-0.1, -0.05) is 12.1 Å². The first-order chi connectivity index (χ1) is 13.9. The number of rotatable bonds is 9. The molecule has 0 aliphatic carbocycles. The molecule has 0 spiro atoms. The SMILES string of the molecule is COC(=O)CN(Cc1cc(OC)cc(OC)c1)Cc1cccc(C(=O)N(C)C)c1. The maximum atomic E-state index is 12.2. The second-order valence-electron chi connectivity index (χ2n) is 6.84. The average molecular weight is 400 g/mol. The fourth-order valence-electron chi connectivity index (χ4n) is 2.95. The van der Waals surface area contributed by atoms with E-state index < -0.39 is 0 Å². The molecule has 0 heterocycles. The van der Waals surface area contributed by atoms with Gasteiger partial charge in [-0.25, -0.2) is 0 Å². The number of nitrogens with zero attached hydrogens (tertiary/aromatic N) is 2. The summed E-state index contributed by atoms with van der Waals surface area (Å²) in [7, 11) is 7.99. The summed E-state index contributed by atoms with van der Waals surface area (Å²) in [5, 5.41) is 0. The molecule has 2 rings (SSSR count). The van der Waals surface area contributed by atoms with E-state index in [0.717, 1.165) is 11.1 Å². The van der Waals surface area contributed by atoms with Crippen molar-refractivity contribution < 1.29 is 23.8 Å². The van der Waals surface area contributed by atoms with Crippen LogP contribution in [0.4, 0.5) is 0 Å². The molecule has 156 valence electrons. The Labute approximate surface area is 171 Å². The Morgan fingerprint density at radius 3 is 2.03 bits per heavy atom. The number of methoxy groups -OCH3 is 3. The van der Waals surface area contributed by atoms with Gasteiger partial charge >= 0.3 is 5.97 Å². The molecule has 0 saturated heterocycles. The number of carbonyl (C=O) groups excluding carboxylic acids is 2. The molecular weight excluding hydrogens is 372 g/mol. The summed E-state index contributed by atoms with van der Waals surface area (Å²) < 4.78 is 15.5. The number of amides is 1. The lowest BCUT2D eigenvalue weighted by atomic mass is 10.1. The van der Waals surface area contributed by atoms with E-state index in [1.165, 1.54) is 12.0 Å². The monoisotopic (exact) mass is 400 g/mol. The third-order valence-electron chi connectivity index (χ3n) is 4.38. The molecular formula is C22H28N2O5. The molecule has 0 radical (unpaired) electrons. The Kier molecular flexibility index (Phi) is 8.03. The molecule has 0 saturated carbocycles. The topological polar surface area (TPSA) is 68.3 Å². The largest absolute Gasteiger partial charge is 0.497 e. The Bertz CT molecular complexity index is 829. The lowest BCUT2D eigenvalue weighted by Crippen LogP contribution is -2.30. The van der Waals surface area contributed by atoms with Crippen LogP contribution in [0.25, 0.3) is 0 Å². The third kappa shape index (κ3) is 6.50. The predicted octanol–water partition coefficient (Wildman–Crippen LogP) is 2.58. The van der Waals surface area contributed by atoms with Crippen molar-refractivity contribution in [3.05, 3.63) is 59.2 Å². The number of carbonyl (C=O) groups is 2. The van der Waals surface area contributed by atoms with Gasteiger partial charge in [-0.05, 0) is 35.4 Å². The summed E-state index contributed by atoms with van der Waals surface area (Å²) in [5.74, 6) is 0.955. The first kappa shape index (κ1) is 22.2. The van der Waals surface area contributed by atoms with E-state index in [4.69, 9.17) is 14.2 Å². The molecule has 0 aliphatic rings. The number of benzene rings is 2. The highest BCUT2D eigenvalue weighted by molar-refractivity contribution is 5.94. The zero-order chi connectivity index (χ0) is 21.4. The van der Waals surface area contributed by atoms with Crippen molar-refractivity contribution in [3.8, 4) is 11.5 Å². The van der Waals surface area contributed by atoms with E-state index in [-0.39, 0.29) is 18.4 Å². The summed E-state index contributed by atoms with van der Waals surface area (Å²) in [6.45, 7) is 1.07. The quantitative estimate of drug-likeness (QED) is 0.603. The van der Waals surface area contributed by atoms with Gasteiger partial charge in [0.25, 0.3) is 5.91 Å². The maximum Gasteiger partial charge on any atom is 0.319 e. The van der Waals surface area contributed by atoms with E-state index in [0.29, 0.717) is 30.2 Å².